The van der Waals surface area contributed by atoms with Gasteiger partial charge in [-0.2, -0.15) is 0 Å². The zero-order chi connectivity index (χ0) is 22.7. The molecular formula is C28H37N3O. The van der Waals surface area contributed by atoms with Gasteiger partial charge in [0.25, 0.3) is 0 Å². The van der Waals surface area contributed by atoms with Gasteiger partial charge in [-0.1, -0.05) is 76.4 Å². The van der Waals surface area contributed by atoms with Crippen LogP contribution in [-0.4, -0.2) is 17.1 Å². The molecule has 0 aliphatic heterocycles. The molecule has 0 radical (unpaired) electrons. The number of para-hydroxylation sites is 2. The lowest BCUT2D eigenvalue weighted by atomic mass is 9.78. The number of urea groups is 1. The average Bonchev–Trinajstić information content (AvgIpc) is 3.39. The quantitative estimate of drug-likeness (QED) is 0.420. The fourth-order valence-corrected chi connectivity index (χ4v) is 5.50. The fourth-order valence-electron chi connectivity index (χ4n) is 5.50. The van der Waals surface area contributed by atoms with E-state index in [1.807, 2.05) is 0 Å². The third-order valence-corrected chi connectivity index (χ3v) is 7.18. The van der Waals surface area contributed by atoms with Crippen molar-refractivity contribution < 1.29 is 4.79 Å². The molecule has 4 heteroatoms. The molecule has 2 aromatic carbocycles. The molecule has 0 spiro atoms. The highest BCUT2D eigenvalue weighted by Crippen LogP contribution is 2.44. The Bertz CT molecular complexity index is 1090. The number of hydrogen-bond donors (Lipinski definition) is 2. The second kappa shape index (κ2) is 9.40. The van der Waals surface area contributed by atoms with Crippen LogP contribution in [0, 0.1) is 0 Å². The number of anilines is 1. The van der Waals surface area contributed by atoms with Gasteiger partial charge in [-0.25, -0.2) is 4.79 Å². The van der Waals surface area contributed by atoms with Crippen molar-refractivity contribution in [3.63, 3.8) is 0 Å². The number of amides is 2. The number of rotatable bonds is 7. The van der Waals surface area contributed by atoms with Crippen LogP contribution in [-0.2, 0) is 18.9 Å². The summed E-state index contributed by atoms with van der Waals surface area (Å²) in [5.41, 5.74) is 6.06. The molecule has 4 rings (SSSR count). The second-order valence-electron chi connectivity index (χ2n) is 9.75. The SMILES string of the molecule is CCCc1cccc(C(C)C)c1NC(=O)NCC1(c2cn(C)c3ccccc23)CCCC1. The van der Waals surface area contributed by atoms with Crippen LogP contribution in [0.15, 0.2) is 48.7 Å². The first-order valence-electron chi connectivity index (χ1n) is 12.2. The standard InChI is InChI=1S/C28H37N3O/c1-5-11-21-12-10-14-22(20(2)3)26(21)30-27(32)29-19-28(16-8-9-17-28)24-18-31(4)25-15-7-6-13-23(24)25/h6-7,10,12-15,18,20H,5,8-9,11,16-17,19H2,1-4H3,(H2,29,30,32). The summed E-state index contributed by atoms with van der Waals surface area (Å²) in [6, 6.07) is 14.9. The van der Waals surface area contributed by atoms with E-state index >= 15 is 0 Å². The molecule has 1 aliphatic rings. The molecule has 3 aromatic rings. The van der Waals surface area contributed by atoms with Crippen molar-refractivity contribution in [2.75, 3.05) is 11.9 Å². The second-order valence-corrected chi connectivity index (χ2v) is 9.75. The number of carbonyl (C=O) groups excluding carboxylic acids is 1. The minimum atomic E-state index is -0.0954. The van der Waals surface area contributed by atoms with Crippen molar-refractivity contribution in [1.29, 1.82) is 0 Å². The van der Waals surface area contributed by atoms with E-state index in [4.69, 9.17) is 0 Å². The third kappa shape index (κ3) is 4.28. The van der Waals surface area contributed by atoms with Crippen molar-refractivity contribution in [2.24, 2.45) is 7.05 Å². The van der Waals surface area contributed by atoms with E-state index in [1.54, 1.807) is 0 Å². The summed E-state index contributed by atoms with van der Waals surface area (Å²) >= 11 is 0. The Morgan fingerprint density at radius 2 is 1.84 bits per heavy atom. The lowest BCUT2D eigenvalue weighted by molar-refractivity contribution is 0.248. The van der Waals surface area contributed by atoms with Crippen molar-refractivity contribution in [1.82, 2.24) is 9.88 Å². The lowest BCUT2D eigenvalue weighted by Crippen LogP contribution is -2.41. The minimum absolute atomic E-state index is 0.00200. The largest absolute Gasteiger partial charge is 0.350 e. The predicted molar refractivity (Wildman–Crippen MR) is 135 cm³/mol. The summed E-state index contributed by atoms with van der Waals surface area (Å²) in [7, 11) is 2.12. The molecule has 0 saturated heterocycles. The van der Waals surface area contributed by atoms with Crippen LogP contribution in [0.25, 0.3) is 10.9 Å². The van der Waals surface area contributed by atoms with Gasteiger partial charge in [-0.05, 0) is 47.9 Å². The van der Waals surface area contributed by atoms with Gasteiger partial charge in [-0.15, -0.1) is 0 Å². The van der Waals surface area contributed by atoms with E-state index in [1.165, 1.54) is 40.4 Å². The Balaban J connectivity index is 1.57. The van der Waals surface area contributed by atoms with Crippen molar-refractivity contribution in [2.45, 2.75) is 70.6 Å². The lowest BCUT2D eigenvalue weighted by Gasteiger charge is -2.29. The monoisotopic (exact) mass is 431 g/mol. The Kier molecular flexibility index (Phi) is 6.59. The van der Waals surface area contributed by atoms with E-state index in [2.05, 4.69) is 91.7 Å². The molecule has 2 amide bonds. The fraction of sp³-hybridized carbons (Fsp3) is 0.464. The first-order valence-corrected chi connectivity index (χ1v) is 12.2. The van der Waals surface area contributed by atoms with Gasteiger partial charge in [0, 0.05) is 41.8 Å². The molecule has 0 unspecified atom stereocenters. The van der Waals surface area contributed by atoms with E-state index in [9.17, 15) is 4.79 Å². The number of nitrogens with one attached hydrogen (secondary N) is 2. The Morgan fingerprint density at radius 1 is 1.09 bits per heavy atom. The molecule has 1 saturated carbocycles. The Morgan fingerprint density at radius 3 is 2.56 bits per heavy atom. The molecule has 0 bridgehead atoms. The molecule has 1 heterocycles. The predicted octanol–water partition coefficient (Wildman–Crippen LogP) is 6.89. The van der Waals surface area contributed by atoms with Crippen LogP contribution >= 0.6 is 0 Å². The number of hydrogen-bond acceptors (Lipinski definition) is 1. The van der Waals surface area contributed by atoms with E-state index in [0.29, 0.717) is 12.5 Å². The smallest absolute Gasteiger partial charge is 0.319 e. The Labute approximate surface area is 192 Å². The summed E-state index contributed by atoms with van der Waals surface area (Å²) in [6.07, 6.45) is 8.96. The van der Waals surface area contributed by atoms with Crippen LogP contribution in [0.1, 0.15) is 75.5 Å². The van der Waals surface area contributed by atoms with Crippen LogP contribution in [0.2, 0.25) is 0 Å². The van der Waals surface area contributed by atoms with Crippen LogP contribution in [0.4, 0.5) is 10.5 Å². The van der Waals surface area contributed by atoms with Gasteiger partial charge >= 0.3 is 6.03 Å². The molecule has 170 valence electrons. The zero-order valence-corrected chi connectivity index (χ0v) is 20.0. The summed E-state index contributed by atoms with van der Waals surface area (Å²) < 4.78 is 2.22. The van der Waals surface area contributed by atoms with Gasteiger partial charge in [0.1, 0.15) is 0 Å². The van der Waals surface area contributed by atoms with E-state index in [-0.39, 0.29) is 11.4 Å². The molecule has 32 heavy (non-hydrogen) atoms. The number of fused-ring (bicyclic) bond motifs is 1. The third-order valence-electron chi connectivity index (χ3n) is 7.18. The van der Waals surface area contributed by atoms with Gasteiger partial charge in [0.2, 0.25) is 0 Å². The molecule has 0 atom stereocenters. The summed E-state index contributed by atoms with van der Waals surface area (Å²) in [6.45, 7) is 7.21. The van der Waals surface area contributed by atoms with Gasteiger partial charge in [0.05, 0.1) is 0 Å². The number of benzene rings is 2. The van der Waals surface area contributed by atoms with Gasteiger partial charge in [-0.3, -0.25) is 0 Å². The summed E-state index contributed by atoms with van der Waals surface area (Å²) in [4.78, 5) is 13.1. The topological polar surface area (TPSA) is 46.1 Å². The number of carbonyl (C=O) groups is 1. The molecule has 1 aliphatic carbocycles. The molecular weight excluding hydrogens is 394 g/mol. The van der Waals surface area contributed by atoms with E-state index in [0.717, 1.165) is 31.4 Å². The molecule has 1 aromatic heterocycles. The highest BCUT2D eigenvalue weighted by Gasteiger charge is 2.38. The maximum atomic E-state index is 13.1. The highest BCUT2D eigenvalue weighted by molar-refractivity contribution is 5.91. The summed E-state index contributed by atoms with van der Waals surface area (Å²) in [5, 5.41) is 7.80. The average molecular weight is 432 g/mol. The van der Waals surface area contributed by atoms with Gasteiger partial charge in [0.15, 0.2) is 0 Å². The first-order chi connectivity index (χ1) is 15.4. The highest BCUT2D eigenvalue weighted by atomic mass is 16.2. The Hall–Kier alpha value is -2.75. The van der Waals surface area contributed by atoms with Crippen molar-refractivity contribution >= 4 is 22.6 Å². The van der Waals surface area contributed by atoms with Gasteiger partial charge < -0.3 is 15.2 Å². The number of aromatic nitrogens is 1. The van der Waals surface area contributed by atoms with Crippen molar-refractivity contribution in [3.8, 4) is 0 Å². The van der Waals surface area contributed by atoms with Crippen LogP contribution in [0.3, 0.4) is 0 Å². The number of aryl methyl sites for hydroxylation is 2. The summed E-state index contributed by atoms with van der Waals surface area (Å²) in [5.74, 6) is 0.360. The molecule has 4 nitrogen and oxygen atoms in total. The maximum absolute atomic E-state index is 13.1. The van der Waals surface area contributed by atoms with Crippen molar-refractivity contribution in [3.05, 3.63) is 65.4 Å². The van der Waals surface area contributed by atoms with Crippen LogP contribution < -0.4 is 10.6 Å². The molecule has 1 fully saturated rings. The molecule has 2 N–H and O–H groups in total. The van der Waals surface area contributed by atoms with E-state index < -0.39 is 0 Å². The first kappa shape index (κ1) is 22.4. The normalized spacial score (nSPS) is 15.4. The number of nitrogens with zero attached hydrogens (tertiary/aromatic N) is 1. The maximum Gasteiger partial charge on any atom is 0.319 e. The minimum Gasteiger partial charge on any atom is -0.350 e. The zero-order valence-electron chi connectivity index (χ0n) is 20.0. The van der Waals surface area contributed by atoms with Crippen LogP contribution in [0.5, 0.6) is 0 Å².